The fraction of sp³-hybridized carbons (Fsp3) is 0.636. The third-order valence-corrected chi connectivity index (χ3v) is 4.55. The predicted octanol–water partition coefficient (Wildman–Crippen LogP) is 1.69. The lowest BCUT2D eigenvalue weighted by Gasteiger charge is -2.22. The molecule has 0 bridgehead atoms. The summed E-state index contributed by atoms with van der Waals surface area (Å²) in [5.41, 5.74) is 0.809. The third kappa shape index (κ3) is 3.47. The molecule has 0 amide bonds. The van der Waals surface area contributed by atoms with Gasteiger partial charge >= 0.3 is 0 Å². The molecular weight excluding hydrogens is 258 g/mol. The highest BCUT2D eigenvalue weighted by molar-refractivity contribution is 7.84. The Balaban J connectivity index is 2.01. The van der Waals surface area contributed by atoms with Crippen molar-refractivity contribution in [2.24, 2.45) is 0 Å². The number of nitrogens with zero attached hydrogens (tertiary/aromatic N) is 2. The molecule has 2 atom stereocenters. The molecule has 1 aliphatic rings. The highest BCUT2D eigenvalue weighted by Crippen LogP contribution is 2.14. The third-order valence-electron chi connectivity index (χ3n) is 2.86. The zero-order chi connectivity index (χ0) is 12.3. The molecule has 0 radical (unpaired) electrons. The van der Waals surface area contributed by atoms with Gasteiger partial charge in [0.05, 0.1) is 10.8 Å². The van der Waals surface area contributed by atoms with Crippen molar-refractivity contribution < 1.29 is 4.21 Å². The molecular formula is C11H16ClN3OS. The van der Waals surface area contributed by atoms with Crippen LogP contribution in [-0.2, 0) is 10.8 Å². The van der Waals surface area contributed by atoms with Gasteiger partial charge in [-0.25, -0.2) is 9.97 Å². The summed E-state index contributed by atoms with van der Waals surface area (Å²) < 4.78 is 12.1. The number of hydrogen-bond acceptors (Lipinski definition) is 4. The SMILES string of the molecule is Cc1cnc([S@](=O)C[C@H]2CCCCN2)nc1Cl. The molecule has 6 heteroatoms. The van der Waals surface area contributed by atoms with Crippen LogP contribution in [0.2, 0.25) is 5.15 Å². The smallest absolute Gasteiger partial charge is 0.219 e. The van der Waals surface area contributed by atoms with E-state index in [1.165, 1.54) is 12.8 Å². The Morgan fingerprint density at radius 3 is 3.06 bits per heavy atom. The lowest BCUT2D eigenvalue weighted by molar-refractivity contribution is 0.427. The number of aryl methyl sites for hydroxylation is 1. The topological polar surface area (TPSA) is 54.9 Å². The lowest BCUT2D eigenvalue weighted by atomic mass is 10.1. The largest absolute Gasteiger partial charge is 0.313 e. The number of rotatable bonds is 3. The Kier molecular flexibility index (Phi) is 4.48. The van der Waals surface area contributed by atoms with Crippen molar-refractivity contribution >= 4 is 22.4 Å². The van der Waals surface area contributed by atoms with Gasteiger partial charge in [-0.3, -0.25) is 4.21 Å². The normalized spacial score (nSPS) is 22.4. The Bertz CT molecular complexity index is 421. The van der Waals surface area contributed by atoms with E-state index >= 15 is 0 Å². The van der Waals surface area contributed by atoms with Crippen LogP contribution in [-0.4, -0.2) is 32.5 Å². The Morgan fingerprint density at radius 2 is 2.41 bits per heavy atom. The molecule has 1 aromatic rings. The van der Waals surface area contributed by atoms with Gasteiger partial charge in [-0.15, -0.1) is 0 Å². The monoisotopic (exact) mass is 273 g/mol. The van der Waals surface area contributed by atoms with Crippen molar-refractivity contribution in [3.8, 4) is 0 Å². The fourth-order valence-electron chi connectivity index (χ4n) is 1.84. The van der Waals surface area contributed by atoms with Crippen LogP contribution in [0.4, 0.5) is 0 Å². The maximum Gasteiger partial charge on any atom is 0.219 e. The molecule has 1 aliphatic heterocycles. The zero-order valence-corrected chi connectivity index (χ0v) is 11.4. The molecule has 1 aromatic heterocycles. The van der Waals surface area contributed by atoms with E-state index in [1.807, 2.05) is 6.92 Å². The maximum absolute atomic E-state index is 12.1. The minimum atomic E-state index is -1.17. The molecule has 17 heavy (non-hydrogen) atoms. The van der Waals surface area contributed by atoms with Crippen LogP contribution in [0.25, 0.3) is 0 Å². The van der Waals surface area contributed by atoms with Gasteiger partial charge in [-0.2, -0.15) is 0 Å². The summed E-state index contributed by atoms with van der Waals surface area (Å²) in [6, 6.07) is 0.313. The van der Waals surface area contributed by atoms with Crippen molar-refractivity contribution in [3.05, 3.63) is 16.9 Å². The number of halogens is 1. The molecule has 0 unspecified atom stereocenters. The second-order valence-electron chi connectivity index (χ2n) is 4.29. The van der Waals surface area contributed by atoms with Crippen molar-refractivity contribution in [2.45, 2.75) is 37.4 Å². The predicted molar refractivity (Wildman–Crippen MR) is 68.7 cm³/mol. The van der Waals surface area contributed by atoms with E-state index in [0.717, 1.165) is 18.5 Å². The first-order chi connectivity index (χ1) is 8.16. The van der Waals surface area contributed by atoms with E-state index in [4.69, 9.17) is 11.6 Å². The van der Waals surface area contributed by atoms with Gasteiger partial charge in [-0.1, -0.05) is 18.0 Å². The van der Waals surface area contributed by atoms with Crippen LogP contribution < -0.4 is 5.32 Å². The van der Waals surface area contributed by atoms with E-state index in [2.05, 4.69) is 15.3 Å². The van der Waals surface area contributed by atoms with Crippen molar-refractivity contribution in [1.82, 2.24) is 15.3 Å². The number of nitrogens with one attached hydrogen (secondary N) is 1. The summed E-state index contributed by atoms with van der Waals surface area (Å²) in [5, 5.41) is 4.09. The van der Waals surface area contributed by atoms with Gasteiger partial charge in [0.2, 0.25) is 5.16 Å². The Hall–Kier alpha value is -0.520. The zero-order valence-electron chi connectivity index (χ0n) is 9.78. The fourth-order valence-corrected chi connectivity index (χ4v) is 3.18. The summed E-state index contributed by atoms with van der Waals surface area (Å²) in [7, 11) is -1.17. The second-order valence-corrected chi connectivity index (χ2v) is 6.03. The van der Waals surface area contributed by atoms with Crippen molar-refractivity contribution in [3.63, 3.8) is 0 Å². The Morgan fingerprint density at radius 1 is 1.59 bits per heavy atom. The summed E-state index contributed by atoms with van der Waals surface area (Å²) in [6.07, 6.45) is 5.10. The molecule has 0 aromatic carbocycles. The number of hydrogen-bond donors (Lipinski definition) is 1. The quantitative estimate of drug-likeness (QED) is 0.673. The van der Waals surface area contributed by atoms with Gasteiger partial charge in [0.25, 0.3) is 0 Å². The lowest BCUT2D eigenvalue weighted by Crippen LogP contribution is -2.38. The van der Waals surface area contributed by atoms with Crippen LogP contribution in [0.5, 0.6) is 0 Å². The first-order valence-corrected chi connectivity index (χ1v) is 7.47. The number of piperidine rings is 1. The molecule has 4 nitrogen and oxygen atoms in total. The summed E-state index contributed by atoms with van der Waals surface area (Å²) in [6.45, 7) is 2.84. The van der Waals surface area contributed by atoms with Crippen molar-refractivity contribution in [2.75, 3.05) is 12.3 Å². The molecule has 0 aliphatic carbocycles. The molecule has 0 spiro atoms. The van der Waals surface area contributed by atoms with E-state index in [-0.39, 0.29) is 0 Å². The minimum absolute atomic E-state index is 0.313. The van der Waals surface area contributed by atoms with Crippen LogP contribution >= 0.6 is 11.6 Å². The van der Waals surface area contributed by atoms with Gasteiger partial charge in [0.15, 0.2) is 0 Å². The van der Waals surface area contributed by atoms with E-state index in [0.29, 0.717) is 22.1 Å². The van der Waals surface area contributed by atoms with Crippen LogP contribution in [0.3, 0.4) is 0 Å². The highest BCUT2D eigenvalue weighted by atomic mass is 35.5. The molecule has 1 saturated heterocycles. The minimum Gasteiger partial charge on any atom is -0.313 e. The summed E-state index contributed by atoms with van der Waals surface area (Å²) >= 11 is 5.90. The van der Waals surface area contributed by atoms with Gasteiger partial charge in [0, 0.05) is 23.6 Å². The first kappa shape index (κ1) is 12.9. The standard InChI is InChI=1S/C11H16ClN3OS/c1-8-6-14-11(15-10(8)12)17(16)7-9-4-2-3-5-13-9/h6,9,13H,2-5,7H2,1H3/t9-,17-/m1/s1. The van der Waals surface area contributed by atoms with Gasteiger partial charge in [-0.05, 0) is 26.3 Å². The first-order valence-electron chi connectivity index (χ1n) is 5.77. The molecule has 2 rings (SSSR count). The summed E-state index contributed by atoms with van der Waals surface area (Å²) in [5.74, 6) is 0.569. The Labute approximate surface area is 109 Å². The van der Waals surface area contributed by atoms with Crippen LogP contribution in [0, 0.1) is 6.92 Å². The van der Waals surface area contributed by atoms with Crippen LogP contribution in [0.15, 0.2) is 11.4 Å². The van der Waals surface area contributed by atoms with Gasteiger partial charge in [0.1, 0.15) is 5.15 Å². The molecule has 0 saturated carbocycles. The molecule has 1 fully saturated rings. The number of aromatic nitrogens is 2. The second kappa shape index (κ2) is 5.89. The average Bonchev–Trinajstić information content (AvgIpc) is 2.34. The van der Waals surface area contributed by atoms with Gasteiger partial charge < -0.3 is 5.32 Å². The molecule has 94 valence electrons. The van der Waals surface area contributed by atoms with Crippen LogP contribution in [0.1, 0.15) is 24.8 Å². The molecule has 2 heterocycles. The maximum atomic E-state index is 12.1. The average molecular weight is 274 g/mol. The highest BCUT2D eigenvalue weighted by Gasteiger charge is 2.18. The van der Waals surface area contributed by atoms with E-state index < -0.39 is 10.8 Å². The van der Waals surface area contributed by atoms with E-state index in [1.54, 1.807) is 6.20 Å². The van der Waals surface area contributed by atoms with E-state index in [9.17, 15) is 4.21 Å². The van der Waals surface area contributed by atoms with Crippen molar-refractivity contribution in [1.29, 1.82) is 0 Å². The molecule has 1 N–H and O–H groups in total. The summed E-state index contributed by atoms with van der Waals surface area (Å²) in [4.78, 5) is 8.15.